The number of benzene rings is 3. The zero-order valence-electron chi connectivity index (χ0n) is 37.7. The van der Waals surface area contributed by atoms with Crippen molar-refractivity contribution in [3.05, 3.63) is 89.0 Å². The number of alkyl carbamates (subject to hydrolysis) is 2. The summed E-state index contributed by atoms with van der Waals surface area (Å²) >= 11 is 0. The number of H-pyrrole nitrogens is 2. The third-order valence-electron chi connectivity index (χ3n) is 13.9. The predicted octanol–water partition coefficient (Wildman–Crippen LogP) is 8.49. The molecule has 0 radical (unpaired) electrons. The SMILES string of the molecule is COC(=O)N[C@H](C(=O)N1CCC[C@H]1c1nc2ccc(C3CC[C@H](c4ccc5nc([C@@H]6CCCN6C(=O)[C@@H](NC(=O)OC)C(C)C)[nH]c5c4)N3c3ccc(C4CC4)cc3)cc2[nH]1)C(C)C. The predicted molar refractivity (Wildman–Crippen MR) is 244 cm³/mol. The van der Waals surface area contributed by atoms with Gasteiger partial charge in [0, 0.05) is 18.8 Å². The summed E-state index contributed by atoms with van der Waals surface area (Å²) in [5.41, 5.74) is 8.51. The molecule has 338 valence electrons. The van der Waals surface area contributed by atoms with Gasteiger partial charge in [-0.3, -0.25) is 9.59 Å². The second-order valence-corrected chi connectivity index (χ2v) is 18.8. The first-order chi connectivity index (χ1) is 30.9. The lowest BCUT2D eigenvalue weighted by Gasteiger charge is -2.33. The summed E-state index contributed by atoms with van der Waals surface area (Å²) in [6, 6.07) is 20.5. The van der Waals surface area contributed by atoms with Crippen molar-refractivity contribution in [2.75, 3.05) is 32.2 Å². The maximum absolute atomic E-state index is 13.9. The molecule has 5 heterocycles. The number of anilines is 1. The average molecular weight is 872 g/mol. The molecule has 0 bridgehead atoms. The number of aromatic amines is 2. The van der Waals surface area contributed by atoms with Gasteiger partial charge in [0.15, 0.2) is 0 Å². The first kappa shape index (κ1) is 43.1. The Balaban J connectivity index is 0.994. The summed E-state index contributed by atoms with van der Waals surface area (Å²) < 4.78 is 9.66. The number of nitrogens with zero attached hydrogens (tertiary/aromatic N) is 5. The third kappa shape index (κ3) is 8.36. The molecule has 6 atom stereocenters. The van der Waals surface area contributed by atoms with Gasteiger partial charge in [-0.25, -0.2) is 19.6 Å². The van der Waals surface area contributed by atoms with Crippen LogP contribution in [0.4, 0.5) is 15.3 Å². The molecule has 1 unspecified atom stereocenters. The van der Waals surface area contributed by atoms with E-state index in [1.54, 1.807) is 0 Å². The fourth-order valence-corrected chi connectivity index (χ4v) is 10.4. The normalized spacial score (nSPS) is 22.2. The molecule has 3 saturated heterocycles. The molecule has 9 rings (SSSR count). The van der Waals surface area contributed by atoms with Gasteiger partial charge in [-0.2, -0.15) is 0 Å². The van der Waals surface area contributed by atoms with Crippen molar-refractivity contribution in [1.29, 1.82) is 0 Å². The molecule has 0 spiro atoms. The first-order valence-corrected chi connectivity index (χ1v) is 23.1. The van der Waals surface area contributed by atoms with E-state index in [0.29, 0.717) is 19.0 Å². The van der Waals surface area contributed by atoms with Crippen molar-refractivity contribution in [3.8, 4) is 0 Å². The number of nitrogens with one attached hydrogen (secondary N) is 4. The number of carbonyl (C=O) groups is 4. The number of amides is 4. The molecule has 15 heteroatoms. The molecule has 3 aromatic carbocycles. The lowest BCUT2D eigenvalue weighted by atomic mass is 10.0. The number of likely N-dealkylation sites (tertiary alicyclic amines) is 2. The third-order valence-corrected chi connectivity index (χ3v) is 13.9. The quantitative estimate of drug-likeness (QED) is 0.0957. The van der Waals surface area contributed by atoms with E-state index in [1.165, 1.54) is 49.4 Å². The molecule has 4 N–H and O–H groups in total. The average Bonchev–Trinajstić information content (AvgIpc) is 3.84. The second-order valence-electron chi connectivity index (χ2n) is 18.8. The van der Waals surface area contributed by atoms with Crippen LogP contribution in [0.3, 0.4) is 0 Å². The highest BCUT2D eigenvalue weighted by Crippen LogP contribution is 2.49. The molecule has 1 aliphatic carbocycles. The number of carbonyl (C=O) groups excluding carboxylic acids is 4. The van der Waals surface area contributed by atoms with E-state index in [4.69, 9.17) is 19.4 Å². The number of rotatable bonds is 12. The van der Waals surface area contributed by atoms with Crippen molar-refractivity contribution in [3.63, 3.8) is 0 Å². The van der Waals surface area contributed by atoms with E-state index in [9.17, 15) is 19.2 Å². The molecule has 4 fully saturated rings. The molecule has 15 nitrogen and oxygen atoms in total. The minimum absolute atomic E-state index is 0.0901. The number of imidazole rings is 2. The first-order valence-electron chi connectivity index (χ1n) is 23.1. The van der Waals surface area contributed by atoms with Crippen LogP contribution in [0.15, 0.2) is 60.7 Å². The molecule has 4 amide bonds. The van der Waals surface area contributed by atoms with E-state index < -0.39 is 24.3 Å². The highest BCUT2D eigenvalue weighted by molar-refractivity contribution is 5.87. The Morgan fingerprint density at radius 1 is 0.594 bits per heavy atom. The number of hydrogen-bond acceptors (Lipinski definition) is 9. The maximum atomic E-state index is 13.9. The van der Waals surface area contributed by atoms with Crippen LogP contribution in [0.1, 0.15) is 137 Å². The Morgan fingerprint density at radius 2 is 1.03 bits per heavy atom. The lowest BCUT2D eigenvalue weighted by Crippen LogP contribution is -2.51. The maximum Gasteiger partial charge on any atom is 0.407 e. The summed E-state index contributed by atoms with van der Waals surface area (Å²) in [7, 11) is 2.61. The highest BCUT2D eigenvalue weighted by atomic mass is 16.5. The lowest BCUT2D eigenvalue weighted by molar-refractivity contribution is -0.136. The largest absolute Gasteiger partial charge is 0.453 e. The van der Waals surface area contributed by atoms with Crippen molar-refractivity contribution in [2.45, 2.75) is 121 Å². The summed E-state index contributed by atoms with van der Waals surface area (Å²) in [5.74, 6) is 1.68. The molecular weight excluding hydrogens is 811 g/mol. The second kappa shape index (κ2) is 17.8. The van der Waals surface area contributed by atoms with E-state index in [2.05, 4.69) is 86.2 Å². The van der Waals surface area contributed by atoms with Gasteiger partial charge in [0.2, 0.25) is 11.8 Å². The van der Waals surface area contributed by atoms with Crippen molar-refractivity contribution in [2.24, 2.45) is 11.8 Å². The standard InChI is InChI=1S/C49H61N9O6/c1-27(2)42(54-48(61)63-5)46(59)56-23-7-9-40(56)44-50-34-19-15-31(25-36(34)52-44)38-21-22-39(58(38)33-17-13-30(14-18-33)29-11-12-29)32-16-20-35-37(26-32)53-45(51-35)41-10-8-24-57(41)47(60)43(28(3)4)55-49(62)64-6/h13-20,25-29,38-43H,7-12,21-24H2,1-6H3,(H,50,52)(H,51,53)(H,54,61)(H,55,62)/t38-,39?,40+,41+,42+,43+/m1/s1. The van der Waals surface area contributed by atoms with Gasteiger partial charge in [-0.05, 0) is 122 Å². The number of methoxy groups -OCH3 is 2. The minimum Gasteiger partial charge on any atom is -0.453 e. The summed E-state index contributed by atoms with van der Waals surface area (Å²) in [6.07, 6.45) is 6.40. The van der Waals surface area contributed by atoms with Gasteiger partial charge < -0.3 is 44.8 Å². The Kier molecular flexibility index (Phi) is 12.0. The Labute approximate surface area is 374 Å². The van der Waals surface area contributed by atoms with Crippen LogP contribution in [-0.4, -0.2) is 93.1 Å². The van der Waals surface area contributed by atoms with Gasteiger partial charge in [-0.1, -0.05) is 52.0 Å². The van der Waals surface area contributed by atoms with Gasteiger partial charge in [0.25, 0.3) is 0 Å². The van der Waals surface area contributed by atoms with Crippen LogP contribution in [0.25, 0.3) is 22.1 Å². The number of ether oxygens (including phenoxy) is 2. The smallest absolute Gasteiger partial charge is 0.407 e. The molecule has 2 aromatic heterocycles. The summed E-state index contributed by atoms with van der Waals surface area (Å²) in [4.78, 5) is 75.6. The van der Waals surface area contributed by atoms with E-state index >= 15 is 0 Å². The fraction of sp³-hybridized carbons (Fsp3) is 0.510. The van der Waals surface area contributed by atoms with Gasteiger partial charge in [-0.15, -0.1) is 0 Å². The monoisotopic (exact) mass is 871 g/mol. The zero-order valence-corrected chi connectivity index (χ0v) is 37.7. The minimum atomic E-state index is -0.700. The van der Waals surface area contributed by atoms with E-state index in [0.717, 1.165) is 72.2 Å². The molecule has 64 heavy (non-hydrogen) atoms. The van der Waals surface area contributed by atoms with Gasteiger partial charge in [0.05, 0.1) is 60.5 Å². The Bertz CT molecular complexity index is 2380. The Hall–Kier alpha value is -6.12. The van der Waals surface area contributed by atoms with Crippen molar-refractivity contribution in [1.82, 2.24) is 40.4 Å². The molecule has 1 saturated carbocycles. The van der Waals surface area contributed by atoms with Crippen LogP contribution in [0.2, 0.25) is 0 Å². The molecular formula is C49H61N9O6. The van der Waals surface area contributed by atoms with Gasteiger partial charge in [0.1, 0.15) is 23.7 Å². The van der Waals surface area contributed by atoms with Gasteiger partial charge >= 0.3 is 12.2 Å². The van der Waals surface area contributed by atoms with Crippen molar-refractivity contribution < 1.29 is 28.7 Å². The molecule has 3 aliphatic heterocycles. The fourth-order valence-electron chi connectivity index (χ4n) is 10.4. The van der Waals surface area contributed by atoms with E-state index in [-0.39, 0.29) is 47.8 Å². The zero-order chi connectivity index (χ0) is 44.8. The van der Waals surface area contributed by atoms with E-state index in [1.807, 2.05) is 37.5 Å². The number of aromatic nitrogens is 4. The summed E-state index contributed by atoms with van der Waals surface area (Å²) in [5, 5.41) is 5.49. The highest BCUT2D eigenvalue weighted by Gasteiger charge is 2.41. The van der Waals surface area contributed by atoms with Crippen molar-refractivity contribution >= 4 is 51.8 Å². The van der Waals surface area contributed by atoms with Crippen LogP contribution in [0, 0.1) is 11.8 Å². The van der Waals surface area contributed by atoms with Crippen LogP contribution < -0.4 is 15.5 Å². The van der Waals surface area contributed by atoms with Crippen LogP contribution in [-0.2, 0) is 19.1 Å². The summed E-state index contributed by atoms with van der Waals surface area (Å²) in [6.45, 7) is 8.87. The van der Waals surface area contributed by atoms with Crippen LogP contribution >= 0.6 is 0 Å². The number of hydrogen-bond donors (Lipinski definition) is 4. The Morgan fingerprint density at radius 3 is 1.44 bits per heavy atom. The molecule has 4 aliphatic rings. The number of fused-ring (bicyclic) bond motifs is 2. The van der Waals surface area contributed by atoms with Crippen LogP contribution in [0.5, 0.6) is 0 Å². The molecule has 5 aromatic rings. The topological polar surface area (TPSA) is 178 Å².